The molecule has 1 amide bonds. The van der Waals surface area contributed by atoms with Crippen LogP contribution in [0.2, 0.25) is 0 Å². The Morgan fingerprint density at radius 1 is 1.38 bits per heavy atom. The first-order valence-corrected chi connectivity index (χ1v) is 12.8. The van der Waals surface area contributed by atoms with E-state index in [-0.39, 0.29) is 48.6 Å². The first kappa shape index (κ1) is 25.9. The van der Waals surface area contributed by atoms with Crippen molar-refractivity contribution in [1.82, 2.24) is 14.2 Å². The number of carbonyl (C=O) groups excluding carboxylic acids is 1. The molecule has 184 valence electrons. The zero-order valence-corrected chi connectivity index (χ0v) is 20.9. The number of rotatable bonds is 7. The van der Waals surface area contributed by atoms with Crippen LogP contribution in [0.25, 0.3) is 6.08 Å². The Labute approximate surface area is 201 Å². The molecule has 0 saturated heterocycles. The molecule has 1 N–H and O–H groups in total. The van der Waals surface area contributed by atoms with Gasteiger partial charge in [0, 0.05) is 37.9 Å². The highest BCUT2D eigenvalue weighted by molar-refractivity contribution is 7.89. The van der Waals surface area contributed by atoms with Crippen molar-refractivity contribution in [1.29, 1.82) is 0 Å². The second-order valence-electron chi connectivity index (χ2n) is 8.76. The van der Waals surface area contributed by atoms with E-state index in [1.807, 2.05) is 32.1 Å². The van der Waals surface area contributed by atoms with Crippen LogP contribution in [0.15, 0.2) is 53.7 Å². The monoisotopic (exact) mass is 487 g/mol. The minimum atomic E-state index is -3.89. The molecular formula is C25H33N3O5S. The maximum Gasteiger partial charge on any atom is 0.247 e. The molecule has 2 aromatic rings. The van der Waals surface area contributed by atoms with Crippen molar-refractivity contribution in [3.05, 3.63) is 59.9 Å². The Balaban J connectivity index is 1.94. The van der Waals surface area contributed by atoms with Gasteiger partial charge in [-0.1, -0.05) is 31.2 Å². The number of aliphatic hydroxyl groups excluding tert-OH is 1. The van der Waals surface area contributed by atoms with Crippen molar-refractivity contribution in [3.8, 4) is 5.75 Å². The van der Waals surface area contributed by atoms with Gasteiger partial charge in [0.2, 0.25) is 15.9 Å². The average Bonchev–Trinajstić information content (AvgIpc) is 2.81. The summed E-state index contributed by atoms with van der Waals surface area (Å²) in [7, 11) is -2.17. The lowest BCUT2D eigenvalue weighted by molar-refractivity contribution is -0.130. The summed E-state index contributed by atoms with van der Waals surface area (Å²) in [4.78, 5) is 18.6. The average molecular weight is 488 g/mol. The normalized spacial score (nSPS) is 21.2. The number of fused-ring (bicyclic) bond motifs is 1. The van der Waals surface area contributed by atoms with Crippen molar-refractivity contribution in [3.63, 3.8) is 0 Å². The maximum absolute atomic E-state index is 13.5. The number of hydrogen-bond acceptors (Lipinski definition) is 6. The molecule has 3 atom stereocenters. The van der Waals surface area contributed by atoms with E-state index >= 15 is 0 Å². The van der Waals surface area contributed by atoms with E-state index in [4.69, 9.17) is 4.74 Å². The lowest BCUT2D eigenvalue weighted by Crippen LogP contribution is -2.50. The summed E-state index contributed by atoms with van der Waals surface area (Å²) in [6.45, 7) is 5.61. The van der Waals surface area contributed by atoms with Crippen LogP contribution < -0.4 is 4.74 Å². The number of nitrogens with zero attached hydrogens (tertiary/aromatic N) is 3. The summed E-state index contributed by atoms with van der Waals surface area (Å²) >= 11 is 0. The van der Waals surface area contributed by atoms with Crippen molar-refractivity contribution in [2.45, 2.75) is 44.2 Å². The Morgan fingerprint density at radius 3 is 2.79 bits per heavy atom. The van der Waals surface area contributed by atoms with Crippen molar-refractivity contribution >= 4 is 22.0 Å². The predicted molar refractivity (Wildman–Crippen MR) is 131 cm³/mol. The van der Waals surface area contributed by atoms with Gasteiger partial charge < -0.3 is 14.7 Å². The fourth-order valence-corrected chi connectivity index (χ4v) is 5.77. The van der Waals surface area contributed by atoms with Crippen LogP contribution in [0.4, 0.5) is 0 Å². The lowest BCUT2D eigenvalue weighted by Gasteiger charge is -2.37. The smallest absolute Gasteiger partial charge is 0.247 e. The largest absolute Gasteiger partial charge is 0.487 e. The highest BCUT2D eigenvalue weighted by Crippen LogP contribution is 2.34. The molecule has 1 aliphatic heterocycles. The molecule has 0 radical (unpaired) electrons. The van der Waals surface area contributed by atoms with Gasteiger partial charge >= 0.3 is 0 Å². The van der Waals surface area contributed by atoms with E-state index < -0.39 is 22.2 Å². The van der Waals surface area contributed by atoms with E-state index in [9.17, 15) is 18.3 Å². The third kappa shape index (κ3) is 5.84. The third-order valence-electron chi connectivity index (χ3n) is 6.01. The second kappa shape index (κ2) is 11.1. The number of carbonyl (C=O) groups is 1. The molecule has 9 heteroatoms. The third-order valence-corrected chi connectivity index (χ3v) is 8.03. The number of ether oxygens (including phenoxy) is 1. The topological polar surface area (TPSA) is 100 Å². The molecule has 0 spiro atoms. The fourth-order valence-electron chi connectivity index (χ4n) is 3.94. The van der Waals surface area contributed by atoms with Gasteiger partial charge in [-0.25, -0.2) is 8.42 Å². The Kier molecular flexibility index (Phi) is 8.46. The number of aliphatic hydroxyl groups is 1. The molecule has 8 nitrogen and oxygen atoms in total. The van der Waals surface area contributed by atoms with Gasteiger partial charge in [-0.05, 0) is 43.2 Å². The summed E-state index contributed by atoms with van der Waals surface area (Å²) in [6.07, 6.45) is 6.82. The number of aromatic nitrogens is 1. The predicted octanol–water partition coefficient (Wildman–Crippen LogP) is 2.58. The molecule has 0 bridgehead atoms. The van der Waals surface area contributed by atoms with Gasteiger partial charge in [0.25, 0.3) is 0 Å². The molecule has 1 aromatic heterocycles. The highest BCUT2D eigenvalue weighted by Gasteiger charge is 2.38. The van der Waals surface area contributed by atoms with Crippen molar-refractivity contribution in [2.75, 3.05) is 26.7 Å². The number of allylic oxidation sites excluding steroid dienone is 1. The van der Waals surface area contributed by atoms with Gasteiger partial charge in [-0.3, -0.25) is 9.78 Å². The summed E-state index contributed by atoms with van der Waals surface area (Å²) in [5.41, 5.74) is 1.63. The highest BCUT2D eigenvalue weighted by atomic mass is 32.2. The number of amides is 1. The minimum absolute atomic E-state index is 0.0577. The number of benzene rings is 1. The number of likely N-dealkylation sites (N-methyl/N-ethyl adjacent to an activating group) is 1. The van der Waals surface area contributed by atoms with Crippen LogP contribution in [0, 0.1) is 5.92 Å². The van der Waals surface area contributed by atoms with Gasteiger partial charge in [0.15, 0.2) is 0 Å². The number of pyridine rings is 1. The molecule has 0 saturated carbocycles. The summed E-state index contributed by atoms with van der Waals surface area (Å²) < 4.78 is 34.6. The van der Waals surface area contributed by atoms with Gasteiger partial charge in [-0.2, -0.15) is 4.31 Å². The van der Waals surface area contributed by atoms with Gasteiger partial charge in [0.1, 0.15) is 16.7 Å². The van der Waals surface area contributed by atoms with Gasteiger partial charge in [0.05, 0.1) is 19.6 Å². The van der Waals surface area contributed by atoms with Crippen molar-refractivity contribution in [2.24, 2.45) is 5.92 Å². The molecule has 1 aliphatic rings. The molecule has 1 aromatic carbocycles. The summed E-state index contributed by atoms with van der Waals surface area (Å²) in [5, 5.41) is 9.75. The molecule has 0 unspecified atom stereocenters. The van der Waals surface area contributed by atoms with Crippen LogP contribution >= 0.6 is 0 Å². The van der Waals surface area contributed by atoms with E-state index in [0.29, 0.717) is 0 Å². The van der Waals surface area contributed by atoms with Crippen LogP contribution in [0.5, 0.6) is 5.75 Å². The quantitative estimate of drug-likeness (QED) is 0.644. The minimum Gasteiger partial charge on any atom is -0.487 e. The molecule has 34 heavy (non-hydrogen) atoms. The molecule has 3 rings (SSSR count). The summed E-state index contributed by atoms with van der Waals surface area (Å²) in [5.74, 6) is -0.0757. The Morgan fingerprint density at radius 2 is 2.15 bits per heavy atom. The number of hydrogen-bond donors (Lipinski definition) is 1. The standard InChI is InChI=1S/C25H33N3O5S/c1-5-7-20-9-10-24-22(12-20)33-23(18(2)15-28(19(3)17-29)34(24,31)32)16-27(4)25(30)13-21-8-6-11-26-14-21/h5-12,14,18-19,23,29H,13,15-17H2,1-4H3/t18-,19-,23-/m1/s1. The fraction of sp³-hybridized carbons (Fsp3) is 0.440. The van der Waals surface area contributed by atoms with Crippen LogP contribution in [-0.2, 0) is 21.2 Å². The van der Waals surface area contributed by atoms with E-state index in [0.717, 1.165) is 11.1 Å². The van der Waals surface area contributed by atoms with E-state index in [1.165, 1.54) is 4.31 Å². The first-order valence-electron chi connectivity index (χ1n) is 11.4. The zero-order valence-electron chi connectivity index (χ0n) is 20.1. The van der Waals surface area contributed by atoms with E-state index in [2.05, 4.69) is 4.98 Å². The van der Waals surface area contributed by atoms with Crippen LogP contribution in [-0.4, -0.2) is 72.5 Å². The Hall–Kier alpha value is -2.75. The van der Waals surface area contributed by atoms with Crippen LogP contribution in [0.3, 0.4) is 0 Å². The zero-order chi connectivity index (χ0) is 24.9. The lowest BCUT2D eigenvalue weighted by atomic mass is 10.0. The molecule has 2 heterocycles. The van der Waals surface area contributed by atoms with Gasteiger partial charge in [-0.15, -0.1) is 0 Å². The number of sulfonamides is 1. The van der Waals surface area contributed by atoms with Crippen LogP contribution in [0.1, 0.15) is 31.9 Å². The summed E-state index contributed by atoms with van der Waals surface area (Å²) in [6, 6.07) is 8.02. The SMILES string of the molecule is CC=Cc1ccc2c(c1)O[C@H](CN(C)C(=O)Cc1cccnc1)[C@H](C)CN([C@H](C)CO)S2(=O)=O. The van der Waals surface area contributed by atoms with Crippen molar-refractivity contribution < 1.29 is 23.1 Å². The molecule has 0 aliphatic carbocycles. The molecule has 0 fully saturated rings. The second-order valence-corrected chi connectivity index (χ2v) is 10.6. The Bertz CT molecular complexity index is 1120. The molecular weight excluding hydrogens is 454 g/mol. The van der Waals surface area contributed by atoms with E-state index in [1.54, 1.807) is 55.5 Å². The first-order chi connectivity index (χ1) is 16.2. The maximum atomic E-state index is 13.5.